The molecule has 0 aliphatic rings. The molecule has 140 valence electrons. The highest BCUT2D eigenvalue weighted by Crippen LogP contribution is 2.38. The number of aliphatic hydroxyl groups excluding tert-OH is 1. The fourth-order valence-corrected chi connectivity index (χ4v) is 3.00. The molecule has 4 heteroatoms. The topological polar surface area (TPSA) is 52.6 Å². The molecule has 2 aromatic carbocycles. The number of hydrogen-bond acceptors (Lipinski definition) is 2. The minimum absolute atomic E-state index is 0.0840. The van der Waals surface area contributed by atoms with E-state index in [1.165, 1.54) is 0 Å². The standard InChI is InChI=1S/C22H30N2O2/c1-15(16(2)25)18-13-10-14-19(22(3,4)5)20(18)24(6)21(26)23-17-11-8-7-9-12-17/h7-16,25H,1-6H3,(H,23,26)/t15-,16+/m0/s1. The summed E-state index contributed by atoms with van der Waals surface area (Å²) < 4.78 is 0. The number of benzene rings is 2. The summed E-state index contributed by atoms with van der Waals surface area (Å²) in [5, 5.41) is 13.1. The van der Waals surface area contributed by atoms with Gasteiger partial charge in [0.1, 0.15) is 0 Å². The van der Waals surface area contributed by atoms with Gasteiger partial charge in [0, 0.05) is 18.7 Å². The number of rotatable bonds is 4. The van der Waals surface area contributed by atoms with Crippen molar-refractivity contribution in [1.29, 1.82) is 0 Å². The van der Waals surface area contributed by atoms with Gasteiger partial charge in [-0.3, -0.25) is 4.90 Å². The summed E-state index contributed by atoms with van der Waals surface area (Å²) in [7, 11) is 1.78. The van der Waals surface area contributed by atoms with E-state index in [1.54, 1.807) is 18.9 Å². The Morgan fingerprint density at radius 2 is 1.65 bits per heavy atom. The fourth-order valence-electron chi connectivity index (χ4n) is 3.00. The highest BCUT2D eigenvalue weighted by molar-refractivity contribution is 6.02. The minimum Gasteiger partial charge on any atom is -0.393 e. The Morgan fingerprint density at radius 1 is 1.04 bits per heavy atom. The maximum atomic E-state index is 12.9. The number of aliphatic hydroxyl groups is 1. The summed E-state index contributed by atoms with van der Waals surface area (Å²) in [6.45, 7) is 10.2. The number of anilines is 2. The molecule has 2 rings (SSSR count). The highest BCUT2D eigenvalue weighted by atomic mass is 16.3. The van der Waals surface area contributed by atoms with Crippen LogP contribution in [0.3, 0.4) is 0 Å². The third-order valence-corrected chi connectivity index (χ3v) is 4.75. The van der Waals surface area contributed by atoms with Gasteiger partial charge in [-0.25, -0.2) is 4.79 Å². The van der Waals surface area contributed by atoms with E-state index in [0.717, 1.165) is 22.5 Å². The predicted octanol–water partition coefficient (Wildman–Crippen LogP) is 5.14. The van der Waals surface area contributed by atoms with Gasteiger partial charge in [-0.05, 0) is 35.6 Å². The van der Waals surface area contributed by atoms with Crippen molar-refractivity contribution >= 4 is 17.4 Å². The van der Waals surface area contributed by atoms with Crippen molar-refractivity contribution in [3.63, 3.8) is 0 Å². The van der Waals surface area contributed by atoms with Crippen LogP contribution < -0.4 is 10.2 Å². The first-order valence-electron chi connectivity index (χ1n) is 9.04. The van der Waals surface area contributed by atoms with Gasteiger partial charge in [0.25, 0.3) is 0 Å². The first-order chi connectivity index (χ1) is 12.1. The summed E-state index contributed by atoms with van der Waals surface area (Å²) in [4.78, 5) is 14.5. The average molecular weight is 354 g/mol. The second-order valence-electron chi connectivity index (χ2n) is 7.88. The van der Waals surface area contributed by atoms with E-state index in [4.69, 9.17) is 0 Å². The summed E-state index contributed by atoms with van der Waals surface area (Å²) in [5.74, 6) is -0.0840. The van der Waals surface area contributed by atoms with E-state index < -0.39 is 6.10 Å². The zero-order valence-electron chi connectivity index (χ0n) is 16.6. The minimum atomic E-state index is -0.505. The van der Waals surface area contributed by atoms with Gasteiger partial charge in [0.15, 0.2) is 0 Å². The number of hydrogen-bond donors (Lipinski definition) is 2. The monoisotopic (exact) mass is 354 g/mol. The van der Waals surface area contributed by atoms with Crippen LogP contribution in [0.1, 0.15) is 51.7 Å². The quantitative estimate of drug-likeness (QED) is 0.799. The van der Waals surface area contributed by atoms with Gasteiger partial charge >= 0.3 is 6.03 Å². The number of nitrogens with one attached hydrogen (secondary N) is 1. The van der Waals surface area contributed by atoms with Crippen LogP contribution in [0, 0.1) is 0 Å². The lowest BCUT2D eigenvalue weighted by Crippen LogP contribution is -2.34. The molecule has 2 N–H and O–H groups in total. The van der Waals surface area contributed by atoms with Crippen molar-refractivity contribution in [3.8, 4) is 0 Å². The molecule has 0 aromatic heterocycles. The molecule has 0 bridgehead atoms. The number of carbonyl (C=O) groups is 1. The molecule has 0 heterocycles. The lowest BCUT2D eigenvalue weighted by molar-refractivity contribution is 0.169. The number of amides is 2. The number of nitrogens with zero attached hydrogens (tertiary/aromatic N) is 1. The van der Waals surface area contributed by atoms with E-state index in [0.29, 0.717) is 0 Å². The summed E-state index contributed by atoms with van der Waals surface area (Å²) in [5.41, 5.74) is 3.53. The molecular formula is C22H30N2O2. The maximum Gasteiger partial charge on any atom is 0.326 e. The van der Waals surface area contributed by atoms with Gasteiger partial charge in [-0.1, -0.05) is 64.1 Å². The normalized spacial score (nSPS) is 13.8. The highest BCUT2D eigenvalue weighted by Gasteiger charge is 2.28. The molecule has 26 heavy (non-hydrogen) atoms. The van der Waals surface area contributed by atoms with Crippen molar-refractivity contribution in [2.75, 3.05) is 17.3 Å². The number of carbonyl (C=O) groups excluding carboxylic acids is 1. The van der Waals surface area contributed by atoms with E-state index in [9.17, 15) is 9.90 Å². The summed E-state index contributed by atoms with van der Waals surface area (Å²) in [6.07, 6.45) is -0.505. The predicted molar refractivity (Wildman–Crippen MR) is 109 cm³/mol. The molecule has 2 atom stereocenters. The smallest absolute Gasteiger partial charge is 0.326 e. The van der Waals surface area contributed by atoms with Crippen LogP contribution in [-0.2, 0) is 5.41 Å². The summed E-state index contributed by atoms with van der Waals surface area (Å²) >= 11 is 0. The van der Waals surface area contributed by atoms with Gasteiger partial charge in [0.05, 0.1) is 11.8 Å². The van der Waals surface area contributed by atoms with Gasteiger partial charge in [0.2, 0.25) is 0 Å². The molecule has 4 nitrogen and oxygen atoms in total. The van der Waals surface area contributed by atoms with Crippen molar-refractivity contribution < 1.29 is 9.90 Å². The molecule has 2 aromatic rings. The van der Waals surface area contributed by atoms with E-state index >= 15 is 0 Å². The van der Waals surface area contributed by atoms with Gasteiger partial charge in [-0.15, -0.1) is 0 Å². The van der Waals surface area contributed by atoms with Crippen molar-refractivity contribution in [1.82, 2.24) is 0 Å². The van der Waals surface area contributed by atoms with Crippen LogP contribution in [0.4, 0.5) is 16.2 Å². The Hall–Kier alpha value is -2.33. The molecule has 0 radical (unpaired) electrons. The van der Waals surface area contributed by atoms with Gasteiger partial charge < -0.3 is 10.4 Å². The Labute approximate surface area is 156 Å². The van der Waals surface area contributed by atoms with Crippen molar-refractivity contribution in [2.45, 2.75) is 52.1 Å². The van der Waals surface area contributed by atoms with Crippen LogP contribution in [0.2, 0.25) is 0 Å². The third-order valence-electron chi connectivity index (χ3n) is 4.75. The van der Waals surface area contributed by atoms with Crippen LogP contribution in [0.5, 0.6) is 0 Å². The SMILES string of the molecule is C[C@H](c1cccc(C(C)(C)C)c1N(C)C(=O)Nc1ccccc1)[C@@H](C)O. The Kier molecular flexibility index (Phi) is 6.09. The van der Waals surface area contributed by atoms with Crippen molar-refractivity contribution in [3.05, 3.63) is 59.7 Å². The molecule has 0 fully saturated rings. The molecule has 0 aliphatic heterocycles. The number of para-hydroxylation sites is 2. The first kappa shape index (κ1) is 20.0. The van der Waals surface area contributed by atoms with Crippen LogP contribution in [0.15, 0.2) is 48.5 Å². The zero-order chi connectivity index (χ0) is 19.5. The zero-order valence-corrected chi connectivity index (χ0v) is 16.6. The van der Waals surface area contributed by atoms with Crippen LogP contribution in [-0.4, -0.2) is 24.3 Å². The Bertz CT molecular complexity index is 748. The summed E-state index contributed by atoms with van der Waals surface area (Å²) in [6, 6.07) is 15.3. The Balaban J connectivity index is 2.49. The molecule has 0 saturated heterocycles. The molecular weight excluding hydrogens is 324 g/mol. The lowest BCUT2D eigenvalue weighted by atomic mass is 9.81. The van der Waals surface area contributed by atoms with Crippen LogP contribution >= 0.6 is 0 Å². The Morgan fingerprint density at radius 3 is 2.19 bits per heavy atom. The first-order valence-corrected chi connectivity index (χ1v) is 9.04. The molecule has 0 saturated carbocycles. The van der Waals surface area contributed by atoms with E-state index in [1.807, 2.05) is 49.4 Å². The van der Waals surface area contributed by atoms with E-state index in [-0.39, 0.29) is 17.4 Å². The van der Waals surface area contributed by atoms with Crippen molar-refractivity contribution in [2.24, 2.45) is 0 Å². The van der Waals surface area contributed by atoms with E-state index in [2.05, 4.69) is 32.2 Å². The molecule has 0 spiro atoms. The van der Waals surface area contributed by atoms with Crippen LogP contribution in [0.25, 0.3) is 0 Å². The van der Waals surface area contributed by atoms with Gasteiger partial charge in [-0.2, -0.15) is 0 Å². The molecule has 2 amide bonds. The third kappa shape index (κ3) is 4.44. The number of urea groups is 1. The average Bonchev–Trinajstić information content (AvgIpc) is 2.59. The maximum absolute atomic E-state index is 12.9. The lowest BCUT2D eigenvalue weighted by Gasteiger charge is -2.32. The molecule has 0 unspecified atom stereocenters. The second kappa shape index (κ2) is 7.92. The molecule has 0 aliphatic carbocycles. The fraction of sp³-hybridized carbons (Fsp3) is 0.409. The second-order valence-corrected chi connectivity index (χ2v) is 7.88. The largest absolute Gasteiger partial charge is 0.393 e.